The molecule has 2 aromatic rings. The third kappa shape index (κ3) is 7.60. The van der Waals surface area contributed by atoms with Crippen LogP contribution < -0.4 is 10.6 Å². The molecule has 0 atom stereocenters. The van der Waals surface area contributed by atoms with E-state index in [1.54, 1.807) is 19.2 Å². The van der Waals surface area contributed by atoms with E-state index in [-0.39, 0.29) is 24.0 Å². The number of guanidine groups is 1. The average Bonchev–Trinajstić information content (AvgIpc) is 3.02. The zero-order valence-electron chi connectivity index (χ0n) is 14.8. The Hall–Kier alpha value is -1.35. The van der Waals surface area contributed by atoms with Crippen molar-refractivity contribution in [3.63, 3.8) is 0 Å². The Kier molecular flexibility index (Phi) is 9.81. The minimum Gasteiger partial charge on any atom is -0.356 e. The molecule has 0 radical (unpaired) electrons. The molecule has 0 aliphatic heterocycles. The second-order valence-corrected chi connectivity index (χ2v) is 6.31. The van der Waals surface area contributed by atoms with Gasteiger partial charge in [-0.05, 0) is 36.6 Å². The highest BCUT2D eigenvalue weighted by molar-refractivity contribution is 14.0. The quantitative estimate of drug-likeness (QED) is 0.361. The molecule has 0 aliphatic carbocycles. The summed E-state index contributed by atoms with van der Waals surface area (Å²) in [4.78, 5) is 8.59. The number of hydrogen-bond donors (Lipinski definition) is 2. The summed E-state index contributed by atoms with van der Waals surface area (Å²) in [6.45, 7) is 5.97. The van der Waals surface area contributed by atoms with Crippen LogP contribution in [-0.4, -0.2) is 36.2 Å². The fourth-order valence-corrected chi connectivity index (χ4v) is 2.19. The molecule has 138 valence electrons. The van der Waals surface area contributed by atoms with Crippen LogP contribution in [0.1, 0.15) is 26.2 Å². The lowest BCUT2D eigenvalue weighted by Gasteiger charge is -2.11. The zero-order chi connectivity index (χ0) is 17.4. The van der Waals surface area contributed by atoms with Crippen LogP contribution in [0.2, 0.25) is 5.02 Å². The summed E-state index contributed by atoms with van der Waals surface area (Å²) in [5, 5.41) is 11.2. The van der Waals surface area contributed by atoms with Crippen molar-refractivity contribution >= 4 is 41.5 Å². The van der Waals surface area contributed by atoms with E-state index in [0.29, 0.717) is 35.6 Å². The minimum atomic E-state index is 0. The van der Waals surface area contributed by atoms with Crippen molar-refractivity contribution in [1.29, 1.82) is 0 Å². The summed E-state index contributed by atoms with van der Waals surface area (Å²) in [6.07, 6.45) is 1.74. The smallest absolute Gasteiger partial charge is 0.228 e. The highest BCUT2D eigenvalue weighted by Gasteiger charge is 2.08. The van der Waals surface area contributed by atoms with Crippen molar-refractivity contribution in [2.75, 3.05) is 20.1 Å². The first kappa shape index (κ1) is 21.7. The van der Waals surface area contributed by atoms with Crippen molar-refractivity contribution in [2.45, 2.75) is 26.7 Å². The number of hydrogen-bond acceptors (Lipinski definition) is 4. The largest absolute Gasteiger partial charge is 0.356 e. The maximum absolute atomic E-state index is 5.88. The van der Waals surface area contributed by atoms with Gasteiger partial charge in [-0.1, -0.05) is 30.6 Å². The van der Waals surface area contributed by atoms with Crippen LogP contribution in [0.25, 0.3) is 11.4 Å². The molecule has 0 unspecified atom stereocenters. The van der Waals surface area contributed by atoms with Crippen LogP contribution in [0.3, 0.4) is 0 Å². The van der Waals surface area contributed by atoms with Gasteiger partial charge in [0.25, 0.3) is 0 Å². The lowest BCUT2D eigenvalue weighted by molar-refractivity contribution is 0.378. The highest BCUT2D eigenvalue weighted by atomic mass is 127. The predicted molar refractivity (Wildman–Crippen MR) is 113 cm³/mol. The van der Waals surface area contributed by atoms with E-state index in [4.69, 9.17) is 16.1 Å². The van der Waals surface area contributed by atoms with Gasteiger partial charge < -0.3 is 15.2 Å². The van der Waals surface area contributed by atoms with Crippen molar-refractivity contribution in [1.82, 2.24) is 20.8 Å². The van der Waals surface area contributed by atoms with Crippen molar-refractivity contribution in [3.8, 4) is 11.4 Å². The van der Waals surface area contributed by atoms with Crippen LogP contribution in [0, 0.1) is 5.92 Å². The second-order valence-electron chi connectivity index (χ2n) is 5.88. The maximum Gasteiger partial charge on any atom is 0.228 e. The van der Waals surface area contributed by atoms with Gasteiger partial charge in [-0.3, -0.25) is 4.99 Å². The van der Waals surface area contributed by atoms with E-state index in [9.17, 15) is 0 Å². The third-order valence-corrected chi connectivity index (χ3v) is 3.69. The molecule has 0 bridgehead atoms. The first-order valence-electron chi connectivity index (χ1n) is 8.11. The first-order chi connectivity index (χ1) is 11.6. The molecule has 25 heavy (non-hydrogen) atoms. The molecule has 0 amide bonds. The van der Waals surface area contributed by atoms with Crippen LogP contribution in [-0.2, 0) is 6.42 Å². The Morgan fingerprint density at radius 3 is 2.52 bits per heavy atom. The van der Waals surface area contributed by atoms with Crippen LogP contribution >= 0.6 is 35.6 Å². The van der Waals surface area contributed by atoms with Gasteiger partial charge in [-0.15, -0.1) is 24.0 Å². The fraction of sp³-hybridized carbons (Fsp3) is 0.471. The van der Waals surface area contributed by atoms with Gasteiger partial charge in [0, 0.05) is 37.1 Å². The number of rotatable bonds is 7. The molecule has 6 nitrogen and oxygen atoms in total. The normalized spacial score (nSPS) is 11.3. The molecule has 1 heterocycles. The average molecular weight is 478 g/mol. The van der Waals surface area contributed by atoms with Gasteiger partial charge in [0.2, 0.25) is 11.7 Å². The lowest BCUT2D eigenvalue weighted by Crippen LogP contribution is -2.39. The Bertz CT molecular complexity index is 657. The molecule has 0 fully saturated rings. The van der Waals surface area contributed by atoms with Gasteiger partial charge in [-0.25, -0.2) is 0 Å². The number of aliphatic imine (C=N–C) groups is 1. The summed E-state index contributed by atoms with van der Waals surface area (Å²) in [6, 6.07) is 7.36. The van der Waals surface area contributed by atoms with Gasteiger partial charge in [0.1, 0.15) is 0 Å². The fourth-order valence-electron chi connectivity index (χ4n) is 2.06. The van der Waals surface area contributed by atoms with Gasteiger partial charge >= 0.3 is 0 Å². The molecule has 2 N–H and O–H groups in total. The SMILES string of the molecule is CN=C(NCCc1nc(-c2ccc(Cl)cc2)no1)NCCC(C)C.I. The zero-order valence-corrected chi connectivity index (χ0v) is 17.8. The van der Waals surface area contributed by atoms with E-state index in [1.807, 2.05) is 12.1 Å². The molecular weight excluding hydrogens is 453 g/mol. The Balaban J connectivity index is 0.00000312. The molecule has 0 saturated heterocycles. The summed E-state index contributed by atoms with van der Waals surface area (Å²) in [7, 11) is 1.76. The Labute approximate surface area is 170 Å². The summed E-state index contributed by atoms with van der Waals surface area (Å²) < 4.78 is 5.28. The van der Waals surface area contributed by atoms with Gasteiger partial charge in [-0.2, -0.15) is 4.98 Å². The number of aromatic nitrogens is 2. The first-order valence-corrected chi connectivity index (χ1v) is 8.49. The maximum atomic E-state index is 5.88. The van der Waals surface area contributed by atoms with E-state index in [0.717, 1.165) is 24.5 Å². The minimum absolute atomic E-state index is 0. The van der Waals surface area contributed by atoms with Gasteiger partial charge in [0.05, 0.1) is 0 Å². The van der Waals surface area contributed by atoms with E-state index in [2.05, 4.69) is 39.6 Å². The number of benzene rings is 1. The molecule has 1 aromatic carbocycles. The highest BCUT2D eigenvalue weighted by Crippen LogP contribution is 2.18. The molecule has 0 aliphatic rings. The Morgan fingerprint density at radius 2 is 1.88 bits per heavy atom. The summed E-state index contributed by atoms with van der Waals surface area (Å²) in [5.41, 5.74) is 0.883. The van der Waals surface area contributed by atoms with E-state index < -0.39 is 0 Å². The third-order valence-electron chi connectivity index (χ3n) is 3.44. The number of nitrogens with one attached hydrogen (secondary N) is 2. The molecular formula is C17H25ClIN5O. The van der Waals surface area contributed by atoms with Crippen LogP contribution in [0.5, 0.6) is 0 Å². The topological polar surface area (TPSA) is 75.3 Å². The molecule has 0 spiro atoms. The second kappa shape index (κ2) is 11.3. The lowest BCUT2D eigenvalue weighted by atomic mass is 10.1. The van der Waals surface area contributed by atoms with E-state index in [1.165, 1.54) is 0 Å². The Morgan fingerprint density at radius 1 is 1.20 bits per heavy atom. The van der Waals surface area contributed by atoms with Crippen LogP contribution in [0.15, 0.2) is 33.8 Å². The number of halogens is 2. The molecule has 1 aromatic heterocycles. The number of nitrogens with zero attached hydrogens (tertiary/aromatic N) is 3. The van der Waals surface area contributed by atoms with Crippen molar-refractivity contribution < 1.29 is 4.52 Å². The summed E-state index contributed by atoms with van der Waals surface area (Å²) in [5.74, 6) is 2.61. The van der Waals surface area contributed by atoms with Gasteiger partial charge in [0.15, 0.2) is 5.96 Å². The molecule has 8 heteroatoms. The van der Waals surface area contributed by atoms with Crippen LogP contribution in [0.4, 0.5) is 0 Å². The van der Waals surface area contributed by atoms with E-state index >= 15 is 0 Å². The molecule has 2 rings (SSSR count). The van der Waals surface area contributed by atoms with Crippen molar-refractivity contribution in [2.24, 2.45) is 10.9 Å². The monoisotopic (exact) mass is 477 g/mol. The predicted octanol–water partition coefficient (Wildman–Crippen LogP) is 3.76. The standard InChI is InChI=1S/C17H24ClN5O.HI/c1-12(2)8-10-20-17(19-3)21-11-9-15-22-16(23-24-15)13-4-6-14(18)7-5-13;/h4-7,12H,8-11H2,1-3H3,(H2,19,20,21);1H. The van der Waals surface area contributed by atoms with Crippen molar-refractivity contribution in [3.05, 3.63) is 35.2 Å². The molecule has 0 saturated carbocycles. The summed E-state index contributed by atoms with van der Waals surface area (Å²) >= 11 is 5.88.